The lowest BCUT2D eigenvalue weighted by Gasteiger charge is -2.30. The number of hydrogen-bond donors (Lipinski definition) is 1. The quantitative estimate of drug-likeness (QED) is 0.645. The van der Waals surface area contributed by atoms with Crippen molar-refractivity contribution >= 4 is 17.4 Å². The molecule has 0 radical (unpaired) electrons. The molecule has 2 atom stereocenters. The Kier molecular flexibility index (Phi) is 5.79. The topological polar surface area (TPSA) is 64.6 Å². The van der Waals surface area contributed by atoms with E-state index in [0.717, 1.165) is 17.0 Å². The summed E-state index contributed by atoms with van der Waals surface area (Å²) in [6.07, 6.45) is 1.66. The van der Waals surface area contributed by atoms with E-state index < -0.39 is 17.9 Å². The molecule has 1 saturated carbocycles. The number of ether oxygens (including phenoxy) is 2. The smallest absolute Gasteiger partial charge is 0.329 e. The Morgan fingerprint density at radius 1 is 1.35 bits per heavy atom. The predicted molar refractivity (Wildman–Crippen MR) is 88.5 cm³/mol. The molecule has 0 saturated heterocycles. The number of rotatable bonds is 6. The molecule has 23 heavy (non-hydrogen) atoms. The first-order valence-electron chi connectivity index (χ1n) is 7.81. The minimum atomic E-state index is -0.701. The summed E-state index contributed by atoms with van der Waals surface area (Å²) < 4.78 is 10.3. The largest absolute Gasteiger partial charge is 0.497 e. The van der Waals surface area contributed by atoms with Crippen LogP contribution in [0.3, 0.4) is 0 Å². The first-order valence-corrected chi connectivity index (χ1v) is 7.81. The summed E-state index contributed by atoms with van der Waals surface area (Å²) in [5, 5.41) is 3.14. The van der Waals surface area contributed by atoms with Crippen LogP contribution in [-0.2, 0) is 14.3 Å². The van der Waals surface area contributed by atoms with Crippen LogP contribution in [0.1, 0.15) is 26.2 Å². The van der Waals surface area contributed by atoms with Crippen LogP contribution in [0.4, 0.5) is 5.69 Å². The third kappa shape index (κ3) is 4.34. The van der Waals surface area contributed by atoms with Crippen LogP contribution in [0, 0.1) is 5.92 Å². The van der Waals surface area contributed by atoms with Crippen molar-refractivity contribution in [3.63, 3.8) is 0 Å². The van der Waals surface area contributed by atoms with Gasteiger partial charge in [-0.2, -0.15) is 0 Å². The first kappa shape index (κ1) is 17.1. The average Bonchev–Trinajstić information content (AvgIpc) is 2.56. The van der Waals surface area contributed by atoms with Crippen molar-refractivity contribution in [2.24, 2.45) is 5.92 Å². The van der Waals surface area contributed by atoms with Gasteiger partial charge < -0.3 is 14.8 Å². The molecule has 5 nitrogen and oxygen atoms in total. The zero-order valence-electron chi connectivity index (χ0n) is 13.6. The molecular formula is C18H23NO4. The number of hydrogen-bond acceptors (Lipinski definition) is 5. The summed E-state index contributed by atoms with van der Waals surface area (Å²) in [6, 6.07) is 6.52. The SMILES string of the molecule is C=C1CCC(=O)[C@H](C(Nc2ccc(OC)cc2)C(=O)OCC)C1. The molecule has 124 valence electrons. The fourth-order valence-electron chi connectivity index (χ4n) is 2.74. The Morgan fingerprint density at radius 2 is 2.04 bits per heavy atom. The number of methoxy groups -OCH3 is 1. The van der Waals surface area contributed by atoms with Gasteiger partial charge in [-0.25, -0.2) is 4.79 Å². The Morgan fingerprint density at radius 3 is 2.65 bits per heavy atom. The number of carbonyl (C=O) groups is 2. The standard InChI is InChI=1S/C18H23NO4/c1-4-23-18(21)17(15-11-12(2)5-10-16(15)20)19-13-6-8-14(22-3)9-7-13/h6-9,15,17,19H,2,4-5,10-11H2,1,3H3/t15-,17?/m1/s1. The first-order chi connectivity index (χ1) is 11.0. The third-order valence-electron chi connectivity index (χ3n) is 4.00. The summed E-state index contributed by atoms with van der Waals surface area (Å²) in [5.41, 5.74) is 1.74. The molecule has 1 fully saturated rings. The van der Waals surface area contributed by atoms with E-state index in [9.17, 15) is 9.59 Å². The number of ketones is 1. The summed E-state index contributed by atoms with van der Waals surface area (Å²) in [7, 11) is 1.59. The number of esters is 1. The van der Waals surface area contributed by atoms with Gasteiger partial charge in [0.2, 0.25) is 0 Å². The summed E-state index contributed by atoms with van der Waals surface area (Å²) >= 11 is 0. The lowest BCUT2D eigenvalue weighted by Crippen LogP contribution is -2.43. The molecule has 0 bridgehead atoms. The minimum Gasteiger partial charge on any atom is -0.497 e. The van der Waals surface area contributed by atoms with E-state index in [1.54, 1.807) is 26.2 Å². The molecule has 0 aromatic heterocycles. The highest BCUT2D eigenvalue weighted by Crippen LogP contribution is 2.29. The van der Waals surface area contributed by atoms with Gasteiger partial charge in [0, 0.05) is 12.1 Å². The molecule has 1 unspecified atom stereocenters. The molecule has 1 aromatic rings. The van der Waals surface area contributed by atoms with Gasteiger partial charge in [0.25, 0.3) is 0 Å². The third-order valence-corrected chi connectivity index (χ3v) is 4.00. The second-order valence-corrected chi connectivity index (χ2v) is 5.63. The highest BCUT2D eigenvalue weighted by Gasteiger charge is 2.37. The molecule has 1 aromatic carbocycles. The van der Waals surface area contributed by atoms with Crippen molar-refractivity contribution in [2.45, 2.75) is 32.2 Å². The normalized spacial score (nSPS) is 19.1. The monoisotopic (exact) mass is 317 g/mol. The zero-order valence-corrected chi connectivity index (χ0v) is 13.6. The maximum Gasteiger partial charge on any atom is 0.329 e. The average molecular weight is 317 g/mol. The molecule has 5 heteroatoms. The number of allylic oxidation sites excluding steroid dienone is 1. The van der Waals surface area contributed by atoms with E-state index in [2.05, 4.69) is 11.9 Å². The number of Topliss-reactive ketones (excluding diaryl/α,β-unsaturated/α-hetero) is 1. The predicted octanol–water partition coefficient (Wildman–Crippen LogP) is 2.96. The van der Waals surface area contributed by atoms with Crippen molar-refractivity contribution in [1.29, 1.82) is 0 Å². The number of anilines is 1. The van der Waals surface area contributed by atoms with Crippen molar-refractivity contribution in [3.05, 3.63) is 36.4 Å². The van der Waals surface area contributed by atoms with E-state index in [1.165, 1.54) is 0 Å². The molecule has 2 rings (SSSR count). The molecular weight excluding hydrogens is 294 g/mol. The van der Waals surface area contributed by atoms with Gasteiger partial charge in [0.1, 0.15) is 17.6 Å². The van der Waals surface area contributed by atoms with Crippen LogP contribution < -0.4 is 10.1 Å². The van der Waals surface area contributed by atoms with E-state index in [1.807, 2.05) is 12.1 Å². The van der Waals surface area contributed by atoms with E-state index >= 15 is 0 Å². The van der Waals surface area contributed by atoms with Crippen LogP contribution in [0.2, 0.25) is 0 Å². The molecule has 0 aliphatic heterocycles. The van der Waals surface area contributed by atoms with Crippen molar-refractivity contribution < 1.29 is 19.1 Å². The van der Waals surface area contributed by atoms with Crippen molar-refractivity contribution in [3.8, 4) is 5.75 Å². The minimum absolute atomic E-state index is 0.0801. The highest BCUT2D eigenvalue weighted by atomic mass is 16.5. The second kappa shape index (κ2) is 7.81. The Balaban J connectivity index is 2.20. The van der Waals surface area contributed by atoms with Crippen LogP contribution in [0.25, 0.3) is 0 Å². The van der Waals surface area contributed by atoms with Crippen molar-refractivity contribution in [1.82, 2.24) is 0 Å². The zero-order chi connectivity index (χ0) is 16.8. The van der Waals surface area contributed by atoms with E-state index in [4.69, 9.17) is 9.47 Å². The number of carbonyl (C=O) groups excluding carboxylic acids is 2. The number of nitrogens with one attached hydrogen (secondary N) is 1. The molecule has 1 N–H and O–H groups in total. The Hall–Kier alpha value is -2.30. The van der Waals surface area contributed by atoms with Crippen LogP contribution >= 0.6 is 0 Å². The maximum absolute atomic E-state index is 12.3. The van der Waals surface area contributed by atoms with Gasteiger partial charge in [-0.3, -0.25) is 4.79 Å². The van der Waals surface area contributed by atoms with Gasteiger partial charge in [-0.15, -0.1) is 0 Å². The Bertz CT molecular complexity index is 579. The fourth-order valence-corrected chi connectivity index (χ4v) is 2.74. The van der Waals surface area contributed by atoms with Crippen LogP contribution in [0.15, 0.2) is 36.4 Å². The fraction of sp³-hybridized carbons (Fsp3) is 0.444. The second-order valence-electron chi connectivity index (χ2n) is 5.63. The summed E-state index contributed by atoms with van der Waals surface area (Å²) in [5.74, 6) is -0.0319. The van der Waals surface area contributed by atoms with Gasteiger partial charge in [-0.05, 0) is 44.0 Å². The molecule has 0 spiro atoms. The van der Waals surface area contributed by atoms with Gasteiger partial charge >= 0.3 is 5.97 Å². The maximum atomic E-state index is 12.3. The van der Waals surface area contributed by atoms with Gasteiger partial charge in [0.05, 0.1) is 19.6 Å². The molecule has 0 heterocycles. The number of benzene rings is 1. The highest BCUT2D eigenvalue weighted by molar-refractivity contribution is 5.91. The lowest BCUT2D eigenvalue weighted by atomic mass is 9.80. The van der Waals surface area contributed by atoms with E-state index in [-0.39, 0.29) is 12.4 Å². The molecule has 0 amide bonds. The summed E-state index contributed by atoms with van der Waals surface area (Å²) in [4.78, 5) is 24.6. The van der Waals surface area contributed by atoms with Crippen LogP contribution in [0.5, 0.6) is 5.75 Å². The van der Waals surface area contributed by atoms with E-state index in [0.29, 0.717) is 19.3 Å². The molecule has 1 aliphatic carbocycles. The summed E-state index contributed by atoms with van der Waals surface area (Å²) in [6.45, 7) is 6.00. The van der Waals surface area contributed by atoms with Crippen LogP contribution in [-0.4, -0.2) is 31.5 Å². The van der Waals surface area contributed by atoms with Gasteiger partial charge in [-0.1, -0.05) is 12.2 Å². The lowest BCUT2D eigenvalue weighted by molar-refractivity contribution is -0.147. The Labute approximate surface area is 136 Å². The van der Waals surface area contributed by atoms with Crippen molar-refractivity contribution in [2.75, 3.05) is 19.0 Å². The molecule has 1 aliphatic rings. The van der Waals surface area contributed by atoms with Gasteiger partial charge in [0.15, 0.2) is 0 Å².